The number of aldehydes is 1. The average molecular weight is 753 g/mol. The van der Waals surface area contributed by atoms with Crippen LogP contribution in [-0.2, 0) is 20.8 Å². The zero-order chi connectivity index (χ0) is 31.8. The van der Waals surface area contributed by atoms with Crippen LogP contribution in [0.3, 0.4) is 0 Å². The smallest absolute Gasteiger partial charge is 0.189 e. The number of hydrogen-bond acceptors (Lipinski definition) is 8. The van der Waals surface area contributed by atoms with Crippen molar-refractivity contribution in [3.8, 4) is 23.0 Å². The number of hydrogen-bond donors (Lipinski definition) is 0. The Morgan fingerprint density at radius 2 is 1.17 bits per heavy atom. The van der Waals surface area contributed by atoms with E-state index in [-0.39, 0.29) is 13.6 Å². The minimum absolute atomic E-state index is 0.154. The van der Waals surface area contributed by atoms with E-state index in [4.69, 9.17) is 33.2 Å². The van der Waals surface area contributed by atoms with Gasteiger partial charge >= 0.3 is 0 Å². The summed E-state index contributed by atoms with van der Waals surface area (Å²) < 4.78 is 39.9. The third kappa shape index (κ3) is 15.9. The summed E-state index contributed by atoms with van der Waals surface area (Å²) in [6.07, 6.45) is 0.766. The summed E-state index contributed by atoms with van der Waals surface area (Å²) in [5.41, 5.74) is 1.54. The summed E-state index contributed by atoms with van der Waals surface area (Å²) in [5, 5.41) is 0. The molecule has 2 aromatic rings. The van der Waals surface area contributed by atoms with Gasteiger partial charge in [0.2, 0.25) is 0 Å². The predicted molar refractivity (Wildman–Crippen MR) is 181 cm³/mol. The second kappa shape index (κ2) is 19.8. The number of benzene rings is 2. The van der Waals surface area contributed by atoms with E-state index in [0.717, 1.165) is 35.0 Å². The quantitative estimate of drug-likeness (QED) is 0.0648. The molecule has 0 fully saturated rings. The van der Waals surface area contributed by atoms with Crippen molar-refractivity contribution in [2.45, 2.75) is 64.9 Å². The van der Waals surface area contributed by atoms with Crippen molar-refractivity contribution in [1.29, 1.82) is 0 Å². The molecule has 0 aliphatic heterocycles. The largest absolute Gasteiger partial charge is 0.493 e. The van der Waals surface area contributed by atoms with Crippen molar-refractivity contribution in [2.24, 2.45) is 0 Å². The Balaban J connectivity index is 0.000000422. The molecule has 0 N–H and O–H groups in total. The monoisotopic (exact) mass is 750 g/mol. The maximum Gasteiger partial charge on any atom is 0.189 e. The number of rotatable bonds is 18. The molecule has 0 bridgehead atoms. The molecule has 2 aromatic carbocycles. The van der Waals surface area contributed by atoms with Crippen molar-refractivity contribution in [3.63, 3.8) is 0 Å². The van der Waals surface area contributed by atoms with Crippen LogP contribution in [0.2, 0.25) is 51.4 Å². The van der Waals surface area contributed by atoms with Gasteiger partial charge in [0.05, 0.1) is 20.8 Å². The van der Waals surface area contributed by atoms with E-state index < -0.39 is 16.1 Å². The fourth-order valence-electron chi connectivity index (χ4n) is 3.17. The molecule has 0 unspecified atom stereocenters. The molecule has 0 spiro atoms. The summed E-state index contributed by atoms with van der Waals surface area (Å²) in [6, 6.07) is 9.39. The maximum atomic E-state index is 10.9. The highest BCUT2D eigenvalue weighted by Crippen LogP contribution is 2.34. The molecule has 0 atom stereocenters. The second-order valence-corrected chi connectivity index (χ2v) is 24.8. The molecule has 12 heteroatoms. The topological polar surface area (TPSA) is 81.7 Å². The van der Waals surface area contributed by atoms with Gasteiger partial charge in [-0.3, -0.25) is 4.79 Å². The van der Waals surface area contributed by atoms with Gasteiger partial charge in [0, 0.05) is 50.5 Å². The maximum absolute atomic E-state index is 10.9. The molecule has 0 aliphatic carbocycles. The van der Waals surface area contributed by atoms with Crippen molar-refractivity contribution in [1.82, 2.24) is 0 Å². The molecular formula is C30H48Br2O8Si2. The molecule has 42 heavy (non-hydrogen) atoms. The SMILES string of the molecule is CCOCc1cc(OCOCC[Si](C)(C)C)c(OC)cc1Br.COc1cc(Br)c(C=O)cc1OCOCC[Si](C)(C)C. The Labute approximate surface area is 271 Å². The van der Waals surface area contributed by atoms with Crippen LogP contribution in [0.15, 0.2) is 33.2 Å². The van der Waals surface area contributed by atoms with Crippen LogP contribution in [0.4, 0.5) is 0 Å². The Morgan fingerprint density at radius 3 is 1.60 bits per heavy atom. The Bertz CT molecular complexity index is 1090. The van der Waals surface area contributed by atoms with Gasteiger partial charge in [-0.05, 0) is 64.8 Å². The lowest BCUT2D eigenvalue weighted by atomic mass is 10.2. The summed E-state index contributed by atoms with van der Waals surface area (Å²) >= 11 is 6.83. The minimum Gasteiger partial charge on any atom is -0.493 e. The number of ether oxygens (including phenoxy) is 7. The highest BCUT2D eigenvalue weighted by atomic mass is 79.9. The lowest BCUT2D eigenvalue weighted by Gasteiger charge is -2.17. The fourth-order valence-corrected chi connectivity index (χ4v) is 5.54. The van der Waals surface area contributed by atoms with Crippen molar-refractivity contribution >= 4 is 54.3 Å². The first kappa shape index (κ1) is 38.6. The third-order valence-corrected chi connectivity index (χ3v) is 10.6. The van der Waals surface area contributed by atoms with Gasteiger partial charge in [-0.1, -0.05) is 55.2 Å². The Morgan fingerprint density at radius 1 is 0.690 bits per heavy atom. The number of carbonyl (C=O) groups is 1. The van der Waals surface area contributed by atoms with Crippen LogP contribution in [0.25, 0.3) is 0 Å². The molecule has 238 valence electrons. The molecule has 0 aromatic heterocycles. The summed E-state index contributed by atoms with van der Waals surface area (Å²) in [4.78, 5) is 10.9. The molecule has 0 aliphatic rings. The van der Waals surface area contributed by atoms with Crippen LogP contribution in [0, 0.1) is 0 Å². The van der Waals surface area contributed by atoms with Crippen LogP contribution < -0.4 is 18.9 Å². The normalized spacial score (nSPS) is 11.4. The van der Waals surface area contributed by atoms with Crippen molar-refractivity contribution < 1.29 is 38.0 Å². The standard InChI is InChI=1S/C16H27BrO4Si.C14H21BrO4Si/c1-6-19-11-13-9-16(15(18-2)10-14(13)17)21-12-20-7-8-22(3,4)5;1-17-13-8-12(15)11(9-16)7-14(13)19-10-18-5-6-20(2,3)4/h9-10H,6-8,11-12H2,1-5H3;7-9H,5-6,10H2,1-4H3. The summed E-state index contributed by atoms with van der Waals surface area (Å²) in [7, 11) is 1.04. The van der Waals surface area contributed by atoms with Crippen molar-refractivity contribution in [3.05, 3.63) is 44.3 Å². The van der Waals surface area contributed by atoms with Crippen LogP contribution >= 0.6 is 31.9 Å². The molecular weight excluding hydrogens is 704 g/mol. The molecule has 0 amide bonds. The molecule has 2 rings (SSSR count). The first-order valence-corrected chi connectivity index (χ1v) is 22.9. The highest BCUT2D eigenvalue weighted by molar-refractivity contribution is 9.10. The number of methoxy groups -OCH3 is 2. The molecule has 0 saturated heterocycles. The highest BCUT2D eigenvalue weighted by Gasteiger charge is 2.15. The first-order valence-electron chi connectivity index (χ1n) is 13.9. The molecule has 0 radical (unpaired) electrons. The second-order valence-electron chi connectivity index (χ2n) is 11.8. The van der Waals surface area contributed by atoms with Crippen LogP contribution in [0.1, 0.15) is 22.8 Å². The zero-order valence-electron chi connectivity index (χ0n) is 26.6. The third-order valence-electron chi connectivity index (χ3n) is 5.79. The van der Waals surface area contributed by atoms with E-state index in [1.807, 2.05) is 19.1 Å². The average Bonchev–Trinajstić information content (AvgIpc) is 2.91. The summed E-state index contributed by atoms with van der Waals surface area (Å²) in [5.74, 6) is 2.43. The van der Waals surface area contributed by atoms with Gasteiger partial charge in [-0.2, -0.15) is 0 Å². The van der Waals surface area contributed by atoms with Gasteiger partial charge in [-0.15, -0.1) is 0 Å². The number of halogens is 2. The minimum atomic E-state index is -1.08. The lowest BCUT2D eigenvalue weighted by molar-refractivity contribution is 0.0202. The van der Waals surface area contributed by atoms with Crippen molar-refractivity contribution in [2.75, 3.05) is 47.6 Å². The lowest BCUT2D eigenvalue weighted by Crippen LogP contribution is -2.22. The molecule has 0 saturated carbocycles. The molecule has 0 heterocycles. The van der Waals surface area contributed by atoms with E-state index in [2.05, 4.69) is 71.1 Å². The van der Waals surface area contributed by atoms with E-state index in [0.29, 0.717) is 52.9 Å². The van der Waals surface area contributed by atoms with E-state index in [1.165, 1.54) is 0 Å². The van der Waals surface area contributed by atoms with Gasteiger partial charge in [0.25, 0.3) is 0 Å². The van der Waals surface area contributed by atoms with Gasteiger partial charge in [-0.25, -0.2) is 0 Å². The van der Waals surface area contributed by atoms with Gasteiger partial charge in [0.15, 0.2) is 42.9 Å². The van der Waals surface area contributed by atoms with Crippen LogP contribution in [0.5, 0.6) is 23.0 Å². The first-order chi connectivity index (χ1) is 19.7. The fraction of sp³-hybridized carbons (Fsp3) is 0.567. The Kier molecular flexibility index (Phi) is 18.2. The van der Waals surface area contributed by atoms with Gasteiger partial charge < -0.3 is 33.2 Å². The molecule has 8 nitrogen and oxygen atoms in total. The zero-order valence-corrected chi connectivity index (χ0v) is 31.7. The van der Waals surface area contributed by atoms with E-state index >= 15 is 0 Å². The summed E-state index contributed by atoms with van der Waals surface area (Å²) in [6.45, 7) is 18.9. The van der Waals surface area contributed by atoms with E-state index in [1.54, 1.807) is 26.4 Å². The van der Waals surface area contributed by atoms with Gasteiger partial charge in [0.1, 0.15) is 0 Å². The van der Waals surface area contributed by atoms with Crippen LogP contribution in [-0.4, -0.2) is 70.1 Å². The number of carbonyl (C=O) groups excluding carboxylic acids is 1. The predicted octanol–water partition coefficient (Wildman–Crippen LogP) is 8.65. The Hall–Kier alpha value is -1.42. The van der Waals surface area contributed by atoms with E-state index in [9.17, 15) is 4.79 Å².